The Morgan fingerprint density at radius 3 is 2.63 bits per heavy atom. The Kier molecular flexibility index (Phi) is 5.88. The Balaban J connectivity index is 1.46. The van der Waals surface area contributed by atoms with Gasteiger partial charge in [0.2, 0.25) is 0 Å². The minimum absolute atomic E-state index is 0.0506. The number of aromatic nitrogens is 2. The monoisotopic (exact) mass is 407 g/mol. The maximum absolute atomic E-state index is 13.0. The van der Waals surface area contributed by atoms with E-state index in [9.17, 15) is 4.79 Å². The lowest BCUT2D eigenvalue weighted by Gasteiger charge is -2.31. The van der Waals surface area contributed by atoms with Crippen LogP contribution in [-0.2, 0) is 18.4 Å². The van der Waals surface area contributed by atoms with Crippen LogP contribution in [0.5, 0.6) is 17.2 Å². The summed E-state index contributed by atoms with van der Waals surface area (Å²) in [6.07, 6.45) is -0.269. The van der Waals surface area contributed by atoms with Gasteiger partial charge in [-0.2, -0.15) is 5.10 Å². The third kappa shape index (κ3) is 4.74. The van der Waals surface area contributed by atoms with Crippen molar-refractivity contribution in [2.75, 3.05) is 19.8 Å². The first-order chi connectivity index (χ1) is 14.6. The summed E-state index contributed by atoms with van der Waals surface area (Å²) in [6, 6.07) is 18.9. The van der Waals surface area contributed by atoms with E-state index in [-0.39, 0.29) is 18.6 Å². The number of ether oxygens (including phenoxy) is 3. The molecule has 7 heteroatoms. The topological polar surface area (TPSA) is 65.8 Å². The van der Waals surface area contributed by atoms with Crippen LogP contribution >= 0.6 is 0 Å². The standard InChI is InChI=1S/C23H25N3O4/c1-17-12-18(25(2)24-17)13-26(23(27)16-28-19-8-4-3-5-9-19)14-20-15-29-21-10-6-7-11-22(21)30-20/h3-12,20H,13-16H2,1-2H3. The van der Waals surface area contributed by atoms with E-state index >= 15 is 0 Å². The Labute approximate surface area is 175 Å². The zero-order valence-corrected chi connectivity index (χ0v) is 17.2. The molecule has 30 heavy (non-hydrogen) atoms. The summed E-state index contributed by atoms with van der Waals surface area (Å²) in [5, 5.41) is 4.39. The SMILES string of the molecule is Cc1cc(CN(CC2COc3ccccc3O2)C(=O)COc2ccccc2)n(C)n1. The highest BCUT2D eigenvalue weighted by Crippen LogP contribution is 2.31. The second-order valence-electron chi connectivity index (χ2n) is 7.27. The van der Waals surface area contributed by atoms with Gasteiger partial charge in [-0.1, -0.05) is 30.3 Å². The molecule has 1 aliphatic heterocycles. The van der Waals surface area contributed by atoms with Crippen molar-refractivity contribution < 1.29 is 19.0 Å². The zero-order valence-electron chi connectivity index (χ0n) is 17.2. The number of amides is 1. The van der Waals surface area contributed by atoms with Crippen molar-refractivity contribution in [1.82, 2.24) is 14.7 Å². The van der Waals surface area contributed by atoms with Gasteiger partial charge in [-0.05, 0) is 37.3 Å². The fourth-order valence-corrected chi connectivity index (χ4v) is 3.41. The average molecular weight is 407 g/mol. The van der Waals surface area contributed by atoms with Gasteiger partial charge in [0.05, 0.1) is 24.5 Å². The summed E-state index contributed by atoms with van der Waals surface area (Å²) in [4.78, 5) is 14.8. The van der Waals surface area contributed by atoms with Crippen molar-refractivity contribution in [2.24, 2.45) is 7.05 Å². The van der Waals surface area contributed by atoms with Crippen LogP contribution in [0.15, 0.2) is 60.7 Å². The largest absolute Gasteiger partial charge is 0.486 e. The lowest BCUT2D eigenvalue weighted by molar-refractivity contribution is -0.135. The number of hydrogen-bond donors (Lipinski definition) is 0. The van der Waals surface area contributed by atoms with E-state index in [2.05, 4.69) is 5.10 Å². The number of carbonyl (C=O) groups is 1. The molecule has 4 rings (SSSR count). The number of benzene rings is 2. The molecular weight excluding hydrogens is 382 g/mol. The van der Waals surface area contributed by atoms with Crippen LogP contribution in [0.1, 0.15) is 11.4 Å². The number of rotatable bonds is 7. The lowest BCUT2D eigenvalue weighted by atomic mass is 10.2. The molecule has 1 unspecified atom stereocenters. The molecule has 0 spiro atoms. The van der Waals surface area contributed by atoms with Crippen LogP contribution in [0.4, 0.5) is 0 Å². The molecule has 2 heterocycles. The third-order valence-electron chi connectivity index (χ3n) is 4.90. The Morgan fingerprint density at radius 2 is 1.90 bits per heavy atom. The maximum atomic E-state index is 13.0. The third-order valence-corrected chi connectivity index (χ3v) is 4.90. The van der Waals surface area contributed by atoms with Gasteiger partial charge < -0.3 is 19.1 Å². The van der Waals surface area contributed by atoms with Gasteiger partial charge in [-0.3, -0.25) is 9.48 Å². The van der Waals surface area contributed by atoms with Gasteiger partial charge in [-0.15, -0.1) is 0 Å². The van der Waals surface area contributed by atoms with Crippen LogP contribution in [0.25, 0.3) is 0 Å². The first kappa shape index (κ1) is 19.8. The minimum Gasteiger partial charge on any atom is -0.486 e. The summed E-state index contributed by atoms with van der Waals surface area (Å²) < 4.78 is 19.4. The second-order valence-corrected chi connectivity index (χ2v) is 7.27. The van der Waals surface area contributed by atoms with Crippen molar-refractivity contribution in [3.05, 3.63) is 72.1 Å². The minimum atomic E-state index is -0.269. The zero-order chi connectivity index (χ0) is 20.9. The average Bonchev–Trinajstić information content (AvgIpc) is 3.08. The molecule has 0 saturated heterocycles. The highest BCUT2D eigenvalue weighted by molar-refractivity contribution is 5.77. The first-order valence-electron chi connectivity index (χ1n) is 9.92. The molecule has 0 saturated carbocycles. The smallest absolute Gasteiger partial charge is 0.260 e. The summed E-state index contributed by atoms with van der Waals surface area (Å²) in [7, 11) is 1.88. The van der Waals surface area contributed by atoms with Gasteiger partial charge in [-0.25, -0.2) is 0 Å². The predicted octanol–water partition coefficient (Wildman–Crippen LogP) is 2.98. The summed E-state index contributed by atoms with van der Waals surface area (Å²) >= 11 is 0. The Bertz CT molecular complexity index is 1000. The number of aryl methyl sites for hydroxylation is 2. The fourth-order valence-electron chi connectivity index (χ4n) is 3.41. The molecular formula is C23H25N3O4. The van der Waals surface area contributed by atoms with Gasteiger partial charge in [0.1, 0.15) is 12.4 Å². The number of nitrogens with zero attached hydrogens (tertiary/aromatic N) is 3. The van der Waals surface area contributed by atoms with E-state index in [1.807, 2.05) is 74.6 Å². The molecule has 7 nitrogen and oxygen atoms in total. The quantitative estimate of drug-likeness (QED) is 0.602. The molecule has 0 radical (unpaired) electrons. The number of hydrogen-bond acceptors (Lipinski definition) is 5. The summed E-state index contributed by atoms with van der Waals surface area (Å²) in [5.74, 6) is 1.95. The highest BCUT2D eigenvalue weighted by Gasteiger charge is 2.26. The van der Waals surface area contributed by atoms with Crippen molar-refractivity contribution in [1.29, 1.82) is 0 Å². The molecule has 3 aromatic rings. The molecule has 156 valence electrons. The van der Waals surface area contributed by atoms with Gasteiger partial charge in [0.15, 0.2) is 24.2 Å². The highest BCUT2D eigenvalue weighted by atomic mass is 16.6. The van der Waals surface area contributed by atoms with Crippen LogP contribution in [0, 0.1) is 6.92 Å². The molecule has 1 aliphatic rings. The lowest BCUT2D eigenvalue weighted by Crippen LogP contribution is -2.45. The molecule has 1 aromatic heterocycles. The molecule has 1 amide bonds. The molecule has 0 N–H and O–H groups in total. The van der Waals surface area contributed by atoms with Crippen LogP contribution in [0.3, 0.4) is 0 Å². The molecule has 2 aromatic carbocycles. The Hall–Kier alpha value is -3.48. The second kappa shape index (κ2) is 8.90. The summed E-state index contributed by atoms with van der Waals surface area (Å²) in [6.45, 7) is 3.06. The van der Waals surface area contributed by atoms with Crippen LogP contribution < -0.4 is 14.2 Å². The van der Waals surface area contributed by atoms with Crippen molar-refractivity contribution in [3.63, 3.8) is 0 Å². The normalized spacial score (nSPS) is 14.9. The van der Waals surface area contributed by atoms with Gasteiger partial charge >= 0.3 is 0 Å². The van der Waals surface area contributed by atoms with E-state index in [1.54, 1.807) is 9.58 Å². The maximum Gasteiger partial charge on any atom is 0.260 e. The fraction of sp³-hybridized carbons (Fsp3) is 0.304. The van der Waals surface area contributed by atoms with Crippen molar-refractivity contribution in [2.45, 2.75) is 19.6 Å². The first-order valence-corrected chi connectivity index (χ1v) is 9.92. The number of para-hydroxylation sites is 3. The van der Waals surface area contributed by atoms with Crippen LogP contribution in [0.2, 0.25) is 0 Å². The van der Waals surface area contributed by atoms with E-state index in [0.717, 1.165) is 17.1 Å². The number of carbonyl (C=O) groups excluding carboxylic acids is 1. The van der Waals surface area contributed by atoms with E-state index in [0.29, 0.717) is 31.2 Å². The molecule has 0 aliphatic carbocycles. The Morgan fingerprint density at radius 1 is 1.17 bits per heavy atom. The van der Waals surface area contributed by atoms with Crippen molar-refractivity contribution in [3.8, 4) is 17.2 Å². The van der Waals surface area contributed by atoms with Crippen LogP contribution in [-0.4, -0.2) is 46.5 Å². The van der Waals surface area contributed by atoms with E-state index in [1.165, 1.54) is 0 Å². The molecule has 0 bridgehead atoms. The van der Waals surface area contributed by atoms with Gasteiger partial charge in [0, 0.05) is 7.05 Å². The molecule has 0 fully saturated rings. The van der Waals surface area contributed by atoms with E-state index < -0.39 is 0 Å². The summed E-state index contributed by atoms with van der Waals surface area (Å²) in [5.41, 5.74) is 1.85. The van der Waals surface area contributed by atoms with E-state index in [4.69, 9.17) is 14.2 Å². The predicted molar refractivity (Wildman–Crippen MR) is 112 cm³/mol. The number of fused-ring (bicyclic) bond motifs is 1. The van der Waals surface area contributed by atoms with Gasteiger partial charge in [0.25, 0.3) is 5.91 Å². The molecule has 1 atom stereocenters. The van der Waals surface area contributed by atoms with Crippen molar-refractivity contribution >= 4 is 5.91 Å².